The minimum absolute atomic E-state index is 0.0649. The molecule has 0 saturated carbocycles. The molecule has 0 aromatic heterocycles. The summed E-state index contributed by atoms with van der Waals surface area (Å²) in [7, 11) is 0. The van der Waals surface area contributed by atoms with Crippen molar-refractivity contribution in [3.05, 3.63) is 101 Å². The Morgan fingerprint density at radius 1 is 0.731 bits per heavy atom. The van der Waals surface area contributed by atoms with Crippen molar-refractivity contribution < 1.29 is 14.7 Å². The molecule has 0 bridgehead atoms. The van der Waals surface area contributed by atoms with Crippen LogP contribution in [0.1, 0.15) is 31.8 Å². The summed E-state index contributed by atoms with van der Waals surface area (Å²) in [4.78, 5) is 24.6. The summed E-state index contributed by atoms with van der Waals surface area (Å²) in [6, 6.07) is 22.6. The van der Waals surface area contributed by atoms with E-state index in [0.717, 1.165) is 5.56 Å². The molecule has 0 aliphatic heterocycles. The molecule has 0 fully saturated rings. The third-order valence-corrected chi connectivity index (χ3v) is 4.08. The third-order valence-electron chi connectivity index (χ3n) is 4.08. The molecule has 0 aliphatic carbocycles. The van der Waals surface area contributed by atoms with Gasteiger partial charge < -0.3 is 10.4 Å². The van der Waals surface area contributed by atoms with Crippen molar-refractivity contribution in [2.24, 2.45) is 0 Å². The van der Waals surface area contributed by atoms with Gasteiger partial charge >= 0.3 is 0 Å². The van der Waals surface area contributed by atoms with Crippen molar-refractivity contribution in [1.29, 1.82) is 0 Å². The summed E-state index contributed by atoms with van der Waals surface area (Å²) in [5, 5.41) is 12.1. The number of phenols is 1. The number of rotatable bonds is 6. The van der Waals surface area contributed by atoms with Gasteiger partial charge in [0.05, 0.1) is 0 Å². The average Bonchev–Trinajstić information content (AvgIpc) is 2.69. The second-order valence-corrected chi connectivity index (χ2v) is 5.94. The molecule has 4 heteroatoms. The first-order valence-corrected chi connectivity index (χ1v) is 8.39. The summed E-state index contributed by atoms with van der Waals surface area (Å²) in [6.45, 7) is 0.494. The largest absolute Gasteiger partial charge is 0.508 e. The summed E-state index contributed by atoms with van der Waals surface area (Å²) in [5.74, 6) is -0.0182. The number of hydrogen-bond acceptors (Lipinski definition) is 3. The van der Waals surface area contributed by atoms with Gasteiger partial charge in [-0.05, 0) is 36.2 Å². The summed E-state index contributed by atoms with van der Waals surface area (Å²) in [5.41, 5.74) is 2.72. The standard InChI is InChI=1S/C22H19NO3/c24-20-12-6-16(7-13-20)14-15-23-22(26)19-10-8-18(9-11-19)21(25)17-4-2-1-3-5-17/h1-13,24H,14-15H2,(H,23,26). The van der Waals surface area contributed by atoms with Crippen molar-refractivity contribution in [2.45, 2.75) is 6.42 Å². The molecule has 130 valence electrons. The van der Waals surface area contributed by atoms with Crippen molar-refractivity contribution in [2.75, 3.05) is 6.54 Å². The molecule has 2 N–H and O–H groups in total. The molecule has 3 aromatic rings. The lowest BCUT2D eigenvalue weighted by atomic mass is 10.0. The Kier molecular flexibility index (Phi) is 5.44. The Morgan fingerprint density at radius 3 is 1.96 bits per heavy atom. The zero-order chi connectivity index (χ0) is 18.4. The van der Waals surface area contributed by atoms with Crippen molar-refractivity contribution in [3.63, 3.8) is 0 Å². The highest BCUT2D eigenvalue weighted by Gasteiger charge is 2.10. The van der Waals surface area contributed by atoms with E-state index in [1.807, 2.05) is 30.3 Å². The number of phenolic OH excluding ortho intramolecular Hbond substituents is 1. The summed E-state index contributed by atoms with van der Waals surface area (Å²) in [6.07, 6.45) is 0.677. The molecule has 0 unspecified atom stereocenters. The Labute approximate surface area is 152 Å². The summed E-state index contributed by atoms with van der Waals surface area (Å²) >= 11 is 0. The van der Waals surface area contributed by atoms with E-state index in [2.05, 4.69) is 5.32 Å². The van der Waals surface area contributed by atoms with Gasteiger partial charge in [-0.3, -0.25) is 9.59 Å². The van der Waals surface area contributed by atoms with Gasteiger partial charge in [-0.2, -0.15) is 0 Å². The Balaban J connectivity index is 1.56. The molecule has 3 aromatic carbocycles. The van der Waals surface area contributed by atoms with E-state index in [1.54, 1.807) is 48.5 Å². The first-order chi connectivity index (χ1) is 12.6. The molecule has 0 radical (unpaired) electrons. The normalized spacial score (nSPS) is 10.3. The number of benzene rings is 3. The van der Waals surface area contributed by atoms with Gasteiger partial charge in [-0.1, -0.05) is 54.6 Å². The van der Waals surface area contributed by atoms with Crippen LogP contribution >= 0.6 is 0 Å². The van der Waals surface area contributed by atoms with E-state index < -0.39 is 0 Å². The van der Waals surface area contributed by atoms with E-state index in [9.17, 15) is 14.7 Å². The van der Waals surface area contributed by atoms with Crippen LogP contribution in [0.25, 0.3) is 0 Å². The number of aromatic hydroxyl groups is 1. The average molecular weight is 345 g/mol. The predicted molar refractivity (Wildman–Crippen MR) is 100 cm³/mol. The highest BCUT2D eigenvalue weighted by atomic mass is 16.3. The Morgan fingerprint density at radius 2 is 1.31 bits per heavy atom. The van der Waals surface area contributed by atoms with Crippen molar-refractivity contribution >= 4 is 11.7 Å². The molecule has 0 saturated heterocycles. The van der Waals surface area contributed by atoms with Crippen LogP contribution in [0, 0.1) is 0 Å². The first-order valence-electron chi connectivity index (χ1n) is 8.39. The van der Waals surface area contributed by atoms with E-state index in [1.165, 1.54) is 0 Å². The number of amides is 1. The number of ketones is 1. The molecule has 0 spiro atoms. The minimum atomic E-state index is -0.178. The first kappa shape index (κ1) is 17.4. The van der Waals surface area contributed by atoms with Crippen LogP contribution in [0.3, 0.4) is 0 Å². The maximum absolute atomic E-state index is 12.4. The molecular weight excluding hydrogens is 326 g/mol. The van der Waals surface area contributed by atoms with Gasteiger partial charge in [-0.15, -0.1) is 0 Å². The zero-order valence-electron chi connectivity index (χ0n) is 14.2. The predicted octanol–water partition coefficient (Wildman–Crippen LogP) is 3.60. The van der Waals surface area contributed by atoms with Crippen molar-refractivity contribution in [3.8, 4) is 5.75 Å². The maximum Gasteiger partial charge on any atom is 0.251 e. The molecule has 0 heterocycles. The minimum Gasteiger partial charge on any atom is -0.508 e. The van der Waals surface area contributed by atoms with Gasteiger partial charge in [-0.25, -0.2) is 0 Å². The van der Waals surface area contributed by atoms with Crippen LogP contribution in [0.5, 0.6) is 5.75 Å². The molecule has 1 amide bonds. The number of hydrogen-bond donors (Lipinski definition) is 2. The number of nitrogens with one attached hydrogen (secondary N) is 1. The van der Waals surface area contributed by atoms with Crippen LogP contribution in [0.4, 0.5) is 0 Å². The van der Waals surface area contributed by atoms with Crippen LogP contribution in [0.15, 0.2) is 78.9 Å². The van der Waals surface area contributed by atoms with Crippen LogP contribution in [0.2, 0.25) is 0 Å². The Bertz CT molecular complexity index is 885. The molecule has 26 heavy (non-hydrogen) atoms. The van der Waals surface area contributed by atoms with E-state index in [4.69, 9.17) is 0 Å². The highest BCUT2D eigenvalue weighted by Crippen LogP contribution is 2.12. The van der Waals surface area contributed by atoms with E-state index in [-0.39, 0.29) is 17.4 Å². The fraction of sp³-hybridized carbons (Fsp3) is 0.0909. The van der Waals surface area contributed by atoms with Gasteiger partial charge in [0.2, 0.25) is 0 Å². The number of carbonyl (C=O) groups excluding carboxylic acids is 2. The fourth-order valence-electron chi connectivity index (χ4n) is 2.61. The summed E-state index contributed by atoms with van der Waals surface area (Å²) < 4.78 is 0. The monoisotopic (exact) mass is 345 g/mol. The van der Waals surface area contributed by atoms with Gasteiger partial charge in [0.25, 0.3) is 5.91 Å². The van der Waals surface area contributed by atoms with E-state index in [0.29, 0.717) is 29.7 Å². The van der Waals surface area contributed by atoms with Gasteiger partial charge in [0.1, 0.15) is 5.75 Å². The van der Waals surface area contributed by atoms with Crippen molar-refractivity contribution in [1.82, 2.24) is 5.32 Å². The lowest BCUT2D eigenvalue weighted by Crippen LogP contribution is -2.25. The fourth-order valence-corrected chi connectivity index (χ4v) is 2.61. The Hall–Kier alpha value is -3.40. The van der Waals surface area contributed by atoms with Gasteiger partial charge in [0, 0.05) is 23.2 Å². The molecule has 4 nitrogen and oxygen atoms in total. The quantitative estimate of drug-likeness (QED) is 0.671. The molecule has 0 atom stereocenters. The lowest BCUT2D eigenvalue weighted by molar-refractivity contribution is 0.0952. The van der Waals surface area contributed by atoms with E-state index >= 15 is 0 Å². The highest BCUT2D eigenvalue weighted by molar-refractivity contribution is 6.09. The second-order valence-electron chi connectivity index (χ2n) is 5.94. The SMILES string of the molecule is O=C(NCCc1ccc(O)cc1)c1ccc(C(=O)c2ccccc2)cc1. The zero-order valence-corrected chi connectivity index (χ0v) is 14.2. The van der Waals surface area contributed by atoms with Crippen LogP contribution in [-0.4, -0.2) is 23.3 Å². The lowest BCUT2D eigenvalue weighted by Gasteiger charge is -2.07. The molecular formula is C22H19NO3. The van der Waals surface area contributed by atoms with Crippen LogP contribution in [-0.2, 0) is 6.42 Å². The third kappa shape index (κ3) is 4.36. The topological polar surface area (TPSA) is 66.4 Å². The molecule has 0 aliphatic rings. The number of carbonyl (C=O) groups is 2. The second kappa shape index (κ2) is 8.12. The van der Waals surface area contributed by atoms with Crippen LogP contribution < -0.4 is 5.32 Å². The smallest absolute Gasteiger partial charge is 0.251 e. The van der Waals surface area contributed by atoms with Gasteiger partial charge in [0.15, 0.2) is 5.78 Å². The molecule has 3 rings (SSSR count). The maximum atomic E-state index is 12.4.